The van der Waals surface area contributed by atoms with Gasteiger partial charge in [-0.2, -0.15) is 0 Å². The molecular weight excluding hydrogens is 233 g/mol. The molecule has 1 unspecified atom stereocenters. The second-order valence-electron chi connectivity index (χ2n) is 3.11. The molecule has 0 bridgehead atoms. The summed E-state index contributed by atoms with van der Waals surface area (Å²) in [6.45, 7) is 0. The lowest BCUT2D eigenvalue weighted by Gasteiger charge is -2.05. The predicted octanol–water partition coefficient (Wildman–Crippen LogP) is 0.0375. The van der Waals surface area contributed by atoms with Crippen molar-refractivity contribution in [1.82, 2.24) is 0 Å². The third kappa shape index (κ3) is 3.94. The molecular formula is C9H10NO5P. The standard InChI is InChI=1S/C9H10NO5P/c10-8(9(11)12)5-6-1-3-7(4-2-6)15-16(13)14/h1-4,8H,5,10H2,(H,11,12)/t8-/m0/s1. The molecule has 1 aromatic carbocycles. The van der Waals surface area contributed by atoms with E-state index in [2.05, 4.69) is 4.52 Å². The Balaban J connectivity index is 2.64. The van der Waals surface area contributed by atoms with Crippen molar-refractivity contribution in [2.75, 3.05) is 0 Å². The summed E-state index contributed by atoms with van der Waals surface area (Å²) in [4.78, 5) is 20.7. The topological polar surface area (TPSA) is 113 Å². The zero-order valence-electron chi connectivity index (χ0n) is 8.20. The minimum absolute atomic E-state index is 0.180. The number of rotatable bonds is 5. The summed E-state index contributed by atoms with van der Waals surface area (Å²) in [6.07, 6.45) is 0.180. The molecule has 0 amide bonds. The lowest BCUT2D eigenvalue weighted by Crippen LogP contribution is -2.32. The molecule has 0 spiro atoms. The molecule has 0 aliphatic carbocycles. The summed E-state index contributed by atoms with van der Waals surface area (Å²) >= 11 is 0. The molecule has 0 saturated carbocycles. The van der Waals surface area contributed by atoms with Crippen LogP contribution in [0.25, 0.3) is 0 Å². The Hall–Kier alpha value is -1.49. The molecule has 6 nitrogen and oxygen atoms in total. The first-order valence-electron chi connectivity index (χ1n) is 4.38. The Bertz CT molecular complexity index is 391. The van der Waals surface area contributed by atoms with Gasteiger partial charge in [0.25, 0.3) is 0 Å². The van der Waals surface area contributed by atoms with Gasteiger partial charge in [-0.1, -0.05) is 12.1 Å². The van der Waals surface area contributed by atoms with Gasteiger partial charge in [0.05, 0.1) is 0 Å². The zero-order valence-corrected chi connectivity index (χ0v) is 9.09. The molecule has 1 aromatic rings. The van der Waals surface area contributed by atoms with E-state index in [0.717, 1.165) is 0 Å². The number of benzene rings is 1. The van der Waals surface area contributed by atoms with Crippen LogP contribution in [0.15, 0.2) is 24.3 Å². The molecule has 0 radical (unpaired) electrons. The van der Waals surface area contributed by atoms with Crippen molar-refractivity contribution in [1.29, 1.82) is 0 Å². The van der Waals surface area contributed by atoms with Crippen LogP contribution < -0.4 is 15.2 Å². The summed E-state index contributed by atoms with van der Waals surface area (Å²) in [6, 6.07) is 5.04. The monoisotopic (exact) mass is 243 g/mol. The van der Waals surface area contributed by atoms with E-state index < -0.39 is 20.3 Å². The third-order valence-electron chi connectivity index (χ3n) is 1.88. The van der Waals surface area contributed by atoms with Crippen molar-refractivity contribution in [3.63, 3.8) is 0 Å². The Morgan fingerprint density at radius 1 is 1.50 bits per heavy atom. The van der Waals surface area contributed by atoms with Crippen molar-refractivity contribution in [2.24, 2.45) is 5.73 Å². The highest BCUT2D eigenvalue weighted by Gasteiger charge is 2.12. The number of carbonyl (C=O) groups is 1. The van der Waals surface area contributed by atoms with E-state index in [1.54, 1.807) is 12.1 Å². The van der Waals surface area contributed by atoms with Gasteiger partial charge in [-0.05, 0) is 28.7 Å². The number of nitrogens with two attached hydrogens (primary N) is 1. The molecule has 0 heterocycles. The fourth-order valence-electron chi connectivity index (χ4n) is 1.11. The minimum atomic E-state index is -2.93. The zero-order chi connectivity index (χ0) is 12.1. The normalized spacial score (nSPS) is 13.0. The van der Waals surface area contributed by atoms with Gasteiger partial charge in [0.15, 0.2) is 5.75 Å². The first-order valence-corrected chi connectivity index (χ1v) is 5.48. The highest BCUT2D eigenvalue weighted by atomic mass is 31.1. The maximum atomic E-state index is 10.5. The van der Waals surface area contributed by atoms with Gasteiger partial charge >= 0.3 is 14.2 Å². The predicted molar refractivity (Wildman–Crippen MR) is 54.0 cm³/mol. The molecule has 2 atom stereocenters. The minimum Gasteiger partial charge on any atom is -0.558 e. The fraction of sp³-hybridized carbons (Fsp3) is 0.222. The molecule has 0 aliphatic heterocycles. The largest absolute Gasteiger partial charge is 0.558 e. The number of hydrogen-bond donors (Lipinski definition) is 2. The Morgan fingerprint density at radius 2 is 2.06 bits per heavy atom. The third-order valence-corrected chi connectivity index (χ3v) is 2.24. The average molecular weight is 243 g/mol. The van der Waals surface area contributed by atoms with Gasteiger partial charge in [0.1, 0.15) is 6.04 Å². The maximum Gasteiger partial charge on any atom is 0.539 e. The molecule has 0 aliphatic rings. The summed E-state index contributed by atoms with van der Waals surface area (Å²) in [5.74, 6) is -0.897. The van der Waals surface area contributed by atoms with Crippen molar-refractivity contribution in [3.8, 4) is 5.75 Å². The molecule has 0 saturated heterocycles. The highest BCUT2D eigenvalue weighted by molar-refractivity contribution is 7.31. The van der Waals surface area contributed by atoms with Crippen LogP contribution in [0.1, 0.15) is 5.56 Å². The van der Waals surface area contributed by atoms with E-state index in [0.29, 0.717) is 5.56 Å². The van der Waals surface area contributed by atoms with Crippen LogP contribution in [0.5, 0.6) is 5.75 Å². The van der Waals surface area contributed by atoms with Gasteiger partial charge in [0, 0.05) is 0 Å². The summed E-state index contributed by atoms with van der Waals surface area (Å²) < 4.78 is 14.7. The highest BCUT2D eigenvalue weighted by Crippen LogP contribution is 2.20. The van der Waals surface area contributed by atoms with Crippen molar-refractivity contribution < 1.29 is 23.9 Å². The SMILES string of the molecule is N[C@@H](Cc1ccc(O[P+](=O)[O-])cc1)C(=O)O. The van der Waals surface area contributed by atoms with E-state index in [-0.39, 0.29) is 12.2 Å². The second kappa shape index (κ2) is 5.55. The molecule has 0 aromatic heterocycles. The van der Waals surface area contributed by atoms with Crippen LogP contribution in [0, 0.1) is 0 Å². The Morgan fingerprint density at radius 3 is 2.50 bits per heavy atom. The molecule has 86 valence electrons. The van der Waals surface area contributed by atoms with Crippen LogP contribution in [0.4, 0.5) is 0 Å². The van der Waals surface area contributed by atoms with Crippen LogP contribution in [-0.2, 0) is 15.8 Å². The van der Waals surface area contributed by atoms with E-state index in [9.17, 15) is 14.3 Å². The van der Waals surface area contributed by atoms with E-state index in [1.165, 1.54) is 12.1 Å². The number of aliphatic carboxylic acids is 1. The maximum absolute atomic E-state index is 10.5. The Labute approximate surface area is 92.6 Å². The second-order valence-corrected chi connectivity index (χ2v) is 3.74. The number of carboxylic acids is 1. The quantitative estimate of drug-likeness (QED) is 0.706. The lowest BCUT2D eigenvalue weighted by atomic mass is 10.1. The summed E-state index contributed by atoms with van der Waals surface area (Å²) in [7, 11) is -2.93. The van der Waals surface area contributed by atoms with Crippen molar-refractivity contribution in [3.05, 3.63) is 29.8 Å². The van der Waals surface area contributed by atoms with Crippen LogP contribution in [0.3, 0.4) is 0 Å². The molecule has 1 rings (SSSR count). The van der Waals surface area contributed by atoms with Crippen LogP contribution in [0.2, 0.25) is 0 Å². The van der Waals surface area contributed by atoms with Gasteiger partial charge in [0.2, 0.25) is 0 Å². The van der Waals surface area contributed by atoms with Crippen LogP contribution in [-0.4, -0.2) is 17.1 Å². The molecule has 3 N–H and O–H groups in total. The average Bonchev–Trinajstić information content (AvgIpc) is 2.20. The smallest absolute Gasteiger partial charge is 0.539 e. The number of hydrogen-bond acceptors (Lipinski definition) is 5. The van der Waals surface area contributed by atoms with Gasteiger partial charge in [-0.25, -0.2) is 0 Å². The van der Waals surface area contributed by atoms with E-state index in [1.807, 2.05) is 0 Å². The van der Waals surface area contributed by atoms with Crippen molar-refractivity contribution in [2.45, 2.75) is 12.5 Å². The first kappa shape index (κ1) is 12.6. The fourth-order valence-corrected chi connectivity index (χ4v) is 1.41. The molecule has 16 heavy (non-hydrogen) atoms. The van der Waals surface area contributed by atoms with Gasteiger partial charge < -0.3 is 15.7 Å². The lowest BCUT2D eigenvalue weighted by molar-refractivity contribution is -0.178. The van der Waals surface area contributed by atoms with Gasteiger partial charge in [-0.3, -0.25) is 9.32 Å². The van der Waals surface area contributed by atoms with Gasteiger partial charge in [-0.15, -0.1) is 0 Å². The summed E-state index contributed by atoms with van der Waals surface area (Å²) in [5, 5.41) is 8.59. The van der Waals surface area contributed by atoms with E-state index in [4.69, 9.17) is 10.8 Å². The first-order chi connectivity index (χ1) is 7.49. The van der Waals surface area contributed by atoms with Crippen LogP contribution >= 0.6 is 8.25 Å². The summed E-state index contributed by atoms with van der Waals surface area (Å²) in [5.41, 5.74) is 6.04. The molecule has 7 heteroatoms. The number of carboxylic acid groups (broad SMARTS) is 1. The van der Waals surface area contributed by atoms with Crippen molar-refractivity contribution >= 4 is 14.2 Å². The molecule has 0 fully saturated rings. The van der Waals surface area contributed by atoms with E-state index >= 15 is 0 Å². The Kier molecular flexibility index (Phi) is 4.37.